The first kappa shape index (κ1) is 19.5. The molecule has 132 valence electrons. The van der Waals surface area contributed by atoms with Crippen molar-refractivity contribution in [2.75, 3.05) is 72.1 Å². The third-order valence-corrected chi connectivity index (χ3v) is 3.62. The maximum absolute atomic E-state index is 11.0. The highest BCUT2D eigenvalue weighted by atomic mass is 16.5. The fraction of sp³-hybridized carbons (Fsp3) is 0.786. The average Bonchev–Trinajstić information content (AvgIpc) is 2.46. The predicted octanol–water partition coefficient (Wildman–Crippen LogP) is -1.71. The molecule has 0 aromatic carbocycles. The molecule has 1 aliphatic heterocycles. The number of rotatable bonds is 6. The van der Waals surface area contributed by atoms with Gasteiger partial charge < -0.3 is 19.7 Å². The quantitative estimate of drug-likeness (QED) is 0.550. The number of hydrogen-bond acceptors (Lipinski definition) is 7. The second-order valence-electron chi connectivity index (χ2n) is 5.42. The number of hydrogen-bond donors (Lipinski definition) is 2. The molecule has 9 nitrogen and oxygen atoms in total. The van der Waals surface area contributed by atoms with E-state index in [0.717, 1.165) is 6.29 Å². The molecule has 9 heteroatoms. The summed E-state index contributed by atoms with van der Waals surface area (Å²) < 4.78 is 5.49. The van der Waals surface area contributed by atoms with Crippen LogP contribution in [0, 0.1) is 0 Å². The molecule has 1 aliphatic rings. The molecule has 0 aromatic rings. The topological polar surface area (TPSA) is 111 Å². The predicted molar refractivity (Wildman–Crippen MR) is 81.5 cm³/mol. The monoisotopic (exact) mass is 331 g/mol. The Hall–Kier alpha value is -1.55. The molecule has 1 fully saturated rings. The van der Waals surface area contributed by atoms with Gasteiger partial charge in [0.05, 0.1) is 32.8 Å². The van der Waals surface area contributed by atoms with Crippen LogP contribution in [0.5, 0.6) is 0 Å². The van der Waals surface area contributed by atoms with E-state index >= 15 is 0 Å². The SMILES string of the molecule is O=CCN1CCOCCN(CC(=O)O)CCN(CC(=O)O)CC1. The lowest BCUT2D eigenvalue weighted by Gasteiger charge is -2.29. The van der Waals surface area contributed by atoms with Crippen molar-refractivity contribution in [3.05, 3.63) is 0 Å². The van der Waals surface area contributed by atoms with Crippen LogP contribution in [0.3, 0.4) is 0 Å². The highest BCUT2D eigenvalue weighted by molar-refractivity contribution is 5.69. The van der Waals surface area contributed by atoms with E-state index in [9.17, 15) is 14.4 Å². The van der Waals surface area contributed by atoms with Crippen LogP contribution in [0.1, 0.15) is 0 Å². The molecule has 0 aromatic heterocycles. The molecule has 0 bridgehead atoms. The Kier molecular flexibility index (Phi) is 9.37. The van der Waals surface area contributed by atoms with Gasteiger partial charge in [-0.2, -0.15) is 0 Å². The van der Waals surface area contributed by atoms with Crippen LogP contribution < -0.4 is 0 Å². The summed E-state index contributed by atoms with van der Waals surface area (Å²) in [4.78, 5) is 38.0. The van der Waals surface area contributed by atoms with Crippen molar-refractivity contribution in [3.63, 3.8) is 0 Å². The van der Waals surface area contributed by atoms with Crippen molar-refractivity contribution >= 4 is 18.2 Å². The zero-order valence-electron chi connectivity index (χ0n) is 13.2. The third kappa shape index (κ3) is 9.24. The molecule has 2 N–H and O–H groups in total. The van der Waals surface area contributed by atoms with Crippen LogP contribution in [-0.4, -0.2) is 115 Å². The van der Waals surface area contributed by atoms with Crippen LogP contribution in [-0.2, 0) is 19.1 Å². The maximum atomic E-state index is 11.0. The van der Waals surface area contributed by atoms with Gasteiger partial charge in [0.25, 0.3) is 0 Å². The Morgan fingerprint density at radius 2 is 1.26 bits per heavy atom. The van der Waals surface area contributed by atoms with Crippen LogP contribution >= 0.6 is 0 Å². The number of aliphatic carboxylic acids is 2. The molecule has 0 radical (unpaired) electrons. The average molecular weight is 331 g/mol. The Labute approximate surface area is 135 Å². The summed E-state index contributed by atoms with van der Waals surface area (Å²) in [5.41, 5.74) is 0. The highest BCUT2D eigenvalue weighted by Crippen LogP contribution is 1.98. The van der Waals surface area contributed by atoms with Crippen LogP contribution in [0.4, 0.5) is 0 Å². The van der Waals surface area contributed by atoms with E-state index < -0.39 is 11.9 Å². The van der Waals surface area contributed by atoms with Gasteiger partial charge in [0, 0.05) is 39.3 Å². The van der Waals surface area contributed by atoms with E-state index in [1.54, 1.807) is 9.80 Å². The zero-order chi connectivity index (χ0) is 17.1. The van der Waals surface area contributed by atoms with Crippen molar-refractivity contribution < 1.29 is 29.3 Å². The van der Waals surface area contributed by atoms with Gasteiger partial charge in [0.1, 0.15) is 6.29 Å². The molecular formula is C14H25N3O6. The second kappa shape index (κ2) is 11.1. The van der Waals surface area contributed by atoms with Gasteiger partial charge in [-0.3, -0.25) is 24.3 Å². The summed E-state index contributed by atoms with van der Waals surface area (Å²) in [6, 6.07) is 0. The Bertz CT molecular complexity index is 393. The van der Waals surface area contributed by atoms with E-state index in [-0.39, 0.29) is 19.6 Å². The summed E-state index contributed by atoms with van der Waals surface area (Å²) >= 11 is 0. The van der Waals surface area contributed by atoms with Crippen molar-refractivity contribution in [2.24, 2.45) is 0 Å². The number of carbonyl (C=O) groups excluding carboxylic acids is 1. The number of carboxylic acids is 2. The molecule has 0 unspecified atom stereocenters. The number of nitrogens with zero attached hydrogens (tertiary/aromatic N) is 3. The minimum atomic E-state index is -0.924. The van der Waals surface area contributed by atoms with Crippen molar-refractivity contribution in [1.82, 2.24) is 14.7 Å². The number of carboxylic acid groups (broad SMARTS) is 2. The van der Waals surface area contributed by atoms with Crippen LogP contribution in [0.25, 0.3) is 0 Å². The lowest BCUT2D eigenvalue weighted by molar-refractivity contribution is -0.140. The summed E-state index contributed by atoms with van der Waals surface area (Å²) in [7, 11) is 0. The van der Waals surface area contributed by atoms with E-state index in [1.165, 1.54) is 0 Å². The van der Waals surface area contributed by atoms with Crippen LogP contribution in [0.15, 0.2) is 0 Å². The molecule has 0 aliphatic carbocycles. The van der Waals surface area contributed by atoms with Gasteiger partial charge in [-0.15, -0.1) is 0 Å². The van der Waals surface area contributed by atoms with E-state index in [4.69, 9.17) is 14.9 Å². The fourth-order valence-corrected chi connectivity index (χ4v) is 2.38. The van der Waals surface area contributed by atoms with E-state index in [2.05, 4.69) is 0 Å². The molecule has 0 spiro atoms. The Balaban J connectivity index is 2.65. The van der Waals surface area contributed by atoms with Crippen molar-refractivity contribution in [1.29, 1.82) is 0 Å². The zero-order valence-corrected chi connectivity index (χ0v) is 13.2. The fourth-order valence-electron chi connectivity index (χ4n) is 2.38. The Morgan fingerprint density at radius 3 is 1.74 bits per heavy atom. The first-order valence-electron chi connectivity index (χ1n) is 7.63. The maximum Gasteiger partial charge on any atom is 0.317 e. The third-order valence-electron chi connectivity index (χ3n) is 3.62. The molecule has 0 saturated carbocycles. The van der Waals surface area contributed by atoms with Gasteiger partial charge in [-0.25, -0.2) is 0 Å². The number of aldehydes is 1. The highest BCUT2D eigenvalue weighted by Gasteiger charge is 2.16. The molecule has 1 rings (SSSR count). The lowest BCUT2D eigenvalue weighted by Crippen LogP contribution is -2.45. The normalized spacial score (nSPS) is 20.3. The molecule has 1 heterocycles. The van der Waals surface area contributed by atoms with E-state index in [1.807, 2.05) is 4.90 Å². The van der Waals surface area contributed by atoms with Gasteiger partial charge >= 0.3 is 11.9 Å². The Morgan fingerprint density at radius 1 is 0.826 bits per heavy atom. The number of ether oxygens (including phenoxy) is 1. The largest absolute Gasteiger partial charge is 0.480 e. The standard InChI is InChI=1S/C14H25N3O6/c18-8-5-15-1-2-16(11-13(19)20)3-4-17(12-14(21)22)7-10-23-9-6-15/h8H,1-7,9-12H2,(H,19,20)(H,21,22). The minimum Gasteiger partial charge on any atom is -0.480 e. The second-order valence-corrected chi connectivity index (χ2v) is 5.42. The lowest BCUT2D eigenvalue weighted by atomic mass is 10.3. The molecule has 23 heavy (non-hydrogen) atoms. The van der Waals surface area contributed by atoms with Gasteiger partial charge in [0.15, 0.2) is 0 Å². The smallest absolute Gasteiger partial charge is 0.317 e. The summed E-state index contributed by atoms with van der Waals surface area (Å²) in [5, 5.41) is 17.9. The van der Waals surface area contributed by atoms with Gasteiger partial charge in [-0.05, 0) is 0 Å². The van der Waals surface area contributed by atoms with E-state index in [0.29, 0.717) is 52.5 Å². The minimum absolute atomic E-state index is 0.0957. The molecular weight excluding hydrogens is 306 g/mol. The molecule has 0 atom stereocenters. The summed E-state index contributed by atoms with van der Waals surface area (Å²) in [6.45, 7) is 3.97. The first-order valence-corrected chi connectivity index (χ1v) is 7.63. The summed E-state index contributed by atoms with van der Waals surface area (Å²) in [6.07, 6.45) is 0.821. The summed E-state index contributed by atoms with van der Waals surface area (Å²) in [5.74, 6) is -1.84. The van der Waals surface area contributed by atoms with Crippen molar-refractivity contribution in [2.45, 2.75) is 0 Å². The number of carbonyl (C=O) groups is 3. The van der Waals surface area contributed by atoms with Gasteiger partial charge in [0.2, 0.25) is 0 Å². The van der Waals surface area contributed by atoms with Crippen LogP contribution in [0.2, 0.25) is 0 Å². The molecule has 0 amide bonds. The first-order chi connectivity index (χ1) is 11.0. The van der Waals surface area contributed by atoms with Gasteiger partial charge in [-0.1, -0.05) is 0 Å². The van der Waals surface area contributed by atoms with Crippen molar-refractivity contribution in [3.8, 4) is 0 Å². The molecule has 1 saturated heterocycles.